The number of carboxylic acid groups (broad SMARTS) is 1. The first-order valence-electron chi connectivity index (χ1n) is 6.46. The molecule has 0 saturated carbocycles. The summed E-state index contributed by atoms with van der Waals surface area (Å²) in [5.74, 6) is -0.869. The smallest absolute Gasteiger partial charge is 0.337 e. The normalized spacial score (nSPS) is 10.5. The van der Waals surface area contributed by atoms with Gasteiger partial charge in [-0.2, -0.15) is 0 Å². The summed E-state index contributed by atoms with van der Waals surface area (Å²) in [6.07, 6.45) is 0. The van der Waals surface area contributed by atoms with Crippen molar-refractivity contribution in [2.24, 2.45) is 0 Å². The first kappa shape index (κ1) is 13.0. The highest BCUT2D eigenvalue weighted by molar-refractivity contribution is 6.00. The van der Waals surface area contributed by atoms with Crippen LogP contribution in [0.15, 0.2) is 60.7 Å². The van der Waals surface area contributed by atoms with Gasteiger partial charge in [-0.3, -0.25) is 0 Å². The van der Waals surface area contributed by atoms with Gasteiger partial charge in [-0.05, 0) is 23.6 Å². The molecule has 0 saturated heterocycles. The molecule has 3 rings (SSSR count). The average Bonchev–Trinajstić information content (AvgIpc) is 2.47. The van der Waals surface area contributed by atoms with E-state index in [0.29, 0.717) is 11.4 Å². The van der Waals surface area contributed by atoms with Crippen molar-refractivity contribution in [3.8, 4) is 5.75 Å². The number of carbonyl (C=O) groups is 1. The van der Waals surface area contributed by atoms with Crippen LogP contribution >= 0.6 is 0 Å². The summed E-state index contributed by atoms with van der Waals surface area (Å²) in [5, 5.41) is 23.9. The quantitative estimate of drug-likeness (QED) is 0.678. The van der Waals surface area contributed by atoms with E-state index in [1.54, 1.807) is 30.3 Å². The minimum absolute atomic E-state index is 0.129. The fourth-order valence-electron chi connectivity index (χ4n) is 2.32. The van der Waals surface area contributed by atoms with E-state index in [1.807, 2.05) is 24.3 Å². The Labute approximate surface area is 121 Å². The number of hydrogen-bond acceptors (Lipinski definition) is 3. The zero-order valence-corrected chi connectivity index (χ0v) is 11.1. The number of aromatic carboxylic acids is 1. The molecular weight excluding hydrogens is 266 g/mol. The molecule has 0 fully saturated rings. The van der Waals surface area contributed by atoms with Crippen molar-refractivity contribution >= 4 is 28.1 Å². The van der Waals surface area contributed by atoms with Gasteiger partial charge < -0.3 is 15.5 Å². The first-order valence-corrected chi connectivity index (χ1v) is 6.46. The maximum atomic E-state index is 11.3. The molecule has 3 aromatic rings. The van der Waals surface area contributed by atoms with Gasteiger partial charge >= 0.3 is 5.97 Å². The highest BCUT2D eigenvalue weighted by Gasteiger charge is 2.11. The Hall–Kier alpha value is -3.01. The minimum Gasteiger partial charge on any atom is -0.508 e. The predicted octanol–water partition coefficient (Wildman–Crippen LogP) is 3.99. The molecule has 4 heteroatoms. The molecule has 0 aromatic heterocycles. The monoisotopic (exact) mass is 279 g/mol. The Kier molecular flexibility index (Phi) is 3.20. The first-order chi connectivity index (χ1) is 10.1. The van der Waals surface area contributed by atoms with Gasteiger partial charge in [-0.15, -0.1) is 0 Å². The van der Waals surface area contributed by atoms with E-state index in [1.165, 1.54) is 6.07 Å². The maximum absolute atomic E-state index is 11.3. The number of hydrogen-bond donors (Lipinski definition) is 3. The maximum Gasteiger partial charge on any atom is 0.337 e. The van der Waals surface area contributed by atoms with Crippen molar-refractivity contribution in [1.29, 1.82) is 0 Å². The summed E-state index contributed by atoms with van der Waals surface area (Å²) in [5.41, 5.74) is 1.34. The van der Waals surface area contributed by atoms with E-state index < -0.39 is 5.97 Å². The highest BCUT2D eigenvalue weighted by atomic mass is 16.4. The minimum atomic E-state index is -0.998. The molecule has 0 amide bonds. The van der Waals surface area contributed by atoms with Crippen LogP contribution in [-0.4, -0.2) is 16.2 Å². The average molecular weight is 279 g/mol. The van der Waals surface area contributed by atoms with Crippen LogP contribution in [0.1, 0.15) is 10.4 Å². The molecule has 0 heterocycles. The summed E-state index contributed by atoms with van der Waals surface area (Å²) < 4.78 is 0. The number of carboxylic acids is 1. The number of fused-ring (bicyclic) bond motifs is 1. The fraction of sp³-hybridized carbons (Fsp3) is 0. The number of rotatable bonds is 3. The number of para-hydroxylation sites is 1. The molecule has 0 aliphatic rings. The fourth-order valence-corrected chi connectivity index (χ4v) is 2.32. The Balaban J connectivity index is 2.13. The van der Waals surface area contributed by atoms with Crippen molar-refractivity contribution in [3.63, 3.8) is 0 Å². The Bertz CT molecular complexity index is 827. The van der Waals surface area contributed by atoms with Crippen LogP contribution in [-0.2, 0) is 0 Å². The number of aromatic hydroxyl groups is 1. The van der Waals surface area contributed by atoms with E-state index in [2.05, 4.69) is 5.32 Å². The van der Waals surface area contributed by atoms with Crippen LogP contribution in [0.25, 0.3) is 10.8 Å². The molecule has 0 atom stereocenters. The van der Waals surface area contributed by atoms with Crippen molar-refractivity contribution in [1.82, 2.24) is 0 Å². The van der Waals surface area contributed by atoms with Crippen LogP contribution in [0.5, 0.6) is 5.75 Å². The largest absolute Gasteiger partial charge is 0.508 e. The van der Waals surface area contributed by atoms with Crippen molar-refractivity contribution < 1.29 is 15.0 Å². The third kappa shape index (κ3) is 2.51. The van der Waals surface area contributed by atoms with Gasteiger partial charge in [0.1, 0.15) is 5.75 Å². The van der Waals surface area contributed by atoms with Crippen molar-refractivity contribution in [2.75, 3.05) is 5.32 Å². The lowest BCUT2D eigenvalue weighted by Gasteiger charge is -2.12. The number of phenols is 1. The molecular formula is C17H13NO3. The van der Waals surface area contributed by atoms with Gasteiger partial charge in [0.25, 0.3) is 0 Å². The lowest BCUT2D eigenvalue weighted by Crippen LogP contribution is -2.02. The summed E-state index contributed by atoms with van der Waals surface area (Å²) in [4.78, 5) is 11.3. The summed E-state index contributed by atoms with van der Waals surface area (Å²) in [6, 6.07) is 17.5. The Morgan fingerprint density at radius 1 is 0.905 bits per heavy atom. The third-order valence-corrected chi connectivity index (χ3v) is 3.27. The van der Waals surface area contributed by atoms with Gasteiger partial charge in [-0.1, -0.05) is 36.4 Å². The number of benzene rings is 3. The van der Waals surface area contributed by atoms with Crippen molar-refractivity contribution in [2.45, 2.75) is 0 Å². The molecule has 0 aliphatic heterocycles. The second-order valence-electron chi connectivity index (χ2n) is 4.69. The Morgan fingerprint density at radius 2 is 1.62 bits per heavy atom. The van der Waals surface area contributed by atoms with Gasteiger partial charge in [-0.25, -0.2) is 4.79 Å². The predicted molar refractivity (Wildman–Crippen MR) is 82.3 cm³/mol. The summed E-state index contributed by atoms with van der Waals surface area (Å²) >= 11 is 0. The summed E-state index contributed by atoms with van der Waals surface area (Å²) in [6.45, 7) is 0. The van der Waals surface area contributed by atoms with Gasteiger partial charge in [0, 0.05) is 11.5 Å². The molecule has 0 spiro atoms. The molecule has 21 heavy (non-hydrogen) atoms. The van der Waals surface area contributed by atoms with Gasteiger partial charge in [0.15, 0.2) is 0 Å². The second-order valence-corrected chi connectivity index (χ2v) is 4.69. The highest BCUT2D eigenvalue weighted by Crippen LogP contribution is 2.31. The van der Waals surface area contributed by atoms with Crippen LogP contribution < -0.4 is 5.32 Å². The summed E-state index contributed by atoms with van der Waals surface area (Å²) in [7, 11) is 0. The lowest BCUT2D eigenvalue weighted by atomic mass is 10.1. The van der Waals surface area contributed by atoms with Gasteiger partial charge in [0.2, 0.25) is 0 Å². The molecule has 0 aliphatic carbocycles. The van der Waals surface area contributed by atoms with Crippen LogP contribution in [0.2, 0.25) is 0 Å². The van der Waals surface area contributed by atoms with Gasteiger partial charge in [0.05, 0.1) is 16.9 Å². The van der Waals surface area contributed by atoms with E-state index in [-0.39, 0.29) is 11.3 Å². The topological polar surface area (TPSA) is 69.6 Å². The molecule has 104 valence electrons. The molecule has 0 unspecified atom stereocenters. The third-order valence-electron chi connectivity index (χ3n) is 3.27. The molecule has 4 nitrogen and oxygen atoms in total. The lowest BCUT2D eigenvalue weighted by molar-refractivity contribution is 0.0698. The SMILES string of the molecule is O=C(O)c1ccccc1Nc1cc(O)cc2ccccc12. The molecule has 3 aromatic carbocycles. The number of nitrogens with one attached hydrogen (secondary N) is 1. The zero-order chi connectivity index (χ0) is 14.8. The number of anilines is 2. The van der Waals surface area contributed by atoms with E-state index in [9.17, 15) is 15.0 Å². The molecule has 0 radical (unpaired) electrons. The van der Waals surface area contributed by atoms with E-state index in [4.69, 9.17) is 0 Å². The molecule has 0 bridgehead atoms. The molecule has 3 N–H and O–H groups in total. The van der Waals surface area contributed by atoms with Crippen LogP contribution in [0.4, 0.5) is 11.4 Å². The Morgan fingerprint density at radius 3 is 2.43 bits per heavy atom. The van der Waals surface area contributed by atoms with E-state index in [0.717, 1.165) is 10.8 Å². The number of phenolic OH excluding ortho intramolecular Hbond substituents is 1. The van der Waals surface area contributed by atoms with Crippen LogP contribution in [0.3, 0.4) is 0 Å². The zero-order valence-electron chi connectivity index (χ0n) is 11.1. The second kappa shape index (κ2) is 5.17. The van der Waals surface area contributed by atoms with Crippen LogP contribution in [0, 0.1) is 0 Å². The van der Waals surface area contributed by atoms with Crippen molar-refractivity contribution in [3.05, 3.63) is 66.2 Å². The standard InChI is InChI=1S/C17H13NO3/c19-12-9-11-5-1-2-6-13(11)16(10-12)18-15-8-4-3-7-14(15)17(20)21/h1-10,18-19H,(H,20,21). The van der Waals surface area contributed by atoms with E-state index >= 15 is 0 Å².